The summed E-state index contributed by atoms with van der Waals surface area (Å²) in [4.78, 5) is 23.2. The third kappa shape index (κ3) is 1.93. The summed E-state index contributed by atoms with van der Waals surface area (Å²) in [5, 5.41) is 12.5. The summed E-state index contributed by atoms with van der Waals surface area (Å²) >= 11 is 1.29. The summed E-state index contributed by atoms with van der Waals surface area (Å²) < 4.78 is 0.754. The summed E-state index contributed by atoms with van der Waals surface area (Å²) in [5.74, 6) is 0.480. The van der Waals surface area contributed by atoms with Gasteiger partial charge in [0.15, 0.2) is 11.3 Å². The lowest BCUT2D eigenvalue weighted by Gasteiger charge is -2.01. The Morgan fingerprint density at radius 3 is 2.68 bits per heavy atom. The molecule has 6 nitrogen and oxygen atoms in total. The molecule has 19 heavy (non-hydrogen) atoms. The van der Waals surface area contributed by atoms with E-state index >= 15 is 0 Å². The van der Waals surface area contributed by atoms with E-state index in [0.717, 1.165) is 16.0 Å². The minimum atomic E-state index is -0.415. The van der Waals surface area contributed by atoms with Crippen molar-refractivity contribution in [3.8, 4) is 11.4 Å². The molecule has 0 spiro atoms. The maximum absolute atomic E-state index is 11.0. The third-order valence-corrected chi connectivity index (χ3v) is 3.77. The number of thiophene rings is 1. The van der Waals surface area contributed by atoms with Crippen molar-refractivity contribution in [1.82, 2.24) is 15.0 Å². The van der Waals surface area contributed by atoms with E-state index in [1.807, 2.05) is 6.92 Å². The maximum atomic E-state index is 11.0. The number of aromatic nitrogens is 3. The molecular weight excluding hydrogens is 264 g/mol. The van der Waals surface area contributed by atoms with Gasteiger partial charge < -0.3 is 0 Å². The van der Waals surface area contributed by atoms with Gasteiger partial charge in [-0.2, -0.15) is 0 Å². The van der Waals surface area contributed by atoms with Crippen molar-refractivity contribution in [3.63, 3.8) is 0 Å². The molecule has 0 aliphatic rings. The Morgan fingerprint density at radius 2 is 2.00 bits per heavy atom. The second-order valence-electron chi connectivity index (χ2n) is 3.92. The molecule has 0 amide bonds. The van der Waals surface area contributed by atoms with Crippen LogP contribution in [0.1, 0.15) is 5.69 Å². The first-order valence-corrected chi connectivity index (χ1v) is 6.35. The predicted molar refractivity (Wildman–Crippen MR) is 72.0 cm³/mol. The quantitative estimate of drug-likeness (QED) is 0.529. The van der Waals surface area contributed by atoms with Crippen LogP contribution in [0, 0.1) is 17.0 Å². The first-order chi connectivity index (χ1) is 9.16. The smallest absolute Gasteiger partial charge is 0.265 e. The standard InChI is InChI=1S/C12H8N4O2S/c1-7-11-10(9(6-19-11)16(17)18)15-12(14-7)8-2-4-13-5-3-8/h2-6H,1H3. The zero-order chi connectivity index (χ0) is 13.4. The molecule has 0 aromatic carbocycles. The van der Waals surface area contributed by atoms with Gasteiger partial charge in [-0.15, -0.1) is 11.3 Å². The number of pyridine rings is 1. The second kappa shape index (κ2) is 4.36. The topological polar surface area (TPSA) is 81.8 Å². The van der Waals surface area contributed by atoms with Crippen LogP contribution in [-0.2, 0) is 0 Å². The average Bonchev–Trinajstić information content (AvgIpc) is 2.84. The lowest BCUT2D eigenvalue weighted by molar-refractivity contribution is -0.382. The van der Waals surface area contributed by atoms with Crippen molar-refractivity contribution in [2.24, 2.45) is 0 Å². The molecule has 0 unspecified atom stereocenters. The molecule has 0 aliphatic carbocycles. The van der Waals surface area contributed by atoms with E-state index in [9.17, 15) is 10.1 Å². The van der Waals surface area contributed by atoms with Crippen molar-refractivity contribution in [1.29, 1.82) is 0 Å². The fourth-order valence-corrected chi connectivity index (χ4v) is 2.71. The highest BCUT2D eigenvalue weighted by Gasteiger charge is 2.19. The van der Waals surface area contributed by atoms with Crippen LogP contribution in [0.15, 0.2) is 29.9 Å². The Labute approximate surface area is 111 Å². The first-order valence-electron chi connectivity index (χ1n) is 5.47. The largest absolute Gasteiger partial charge is 0.306 e. The normalized spacial score (nSPS) is 10.8. The Kier molecular flexibility index (Phi) is 2.68. The van der Waals surface area contributed by atoms with Gasteiger partial charge in [-0.1, -0.05) is 0 Å². The van der Waals surface area contributed by atoms with Gasteiger partial charge in [-0.05, 0) is 19.1 Å². The Hall–Kier alpha value is -2.41. The van der Waals surface area contributed by atoms with Crippen molar-refractivity contribution in [3.05, 3.63) is 45.7 Å². The lowest BCUT2D eigenvalue weighted by Crippen LogP contribution is -1.94. The Morgan fingerprint density at radius 1 is 1.26 bits per heavy atom. The molecule has 3 rings (SSSR count). The van der Waals surface area contributed by atoms with Crippen LogP contribution in [0.5, 0.6) is 0 Å². The monoisotopic (exact) mass is 272 g/mol. The molecule has 0 radical (unpaired) electrons. The number of hydrogen-bond donors (Lipinski definition) is 0. The van der Waals surface area contributed by atoms with E-state index in [-0.39, 0.29) is 5.69 Å². The van der Waals surface area contributed by atoms with Crippen LogP contribution in [-0.4, -0.2) is 19.9 Å². The van der Waals surface area contributed by atoms with E-state index in [1.54, 1.807) is 24.5 Å². The van der Waals surface area contributed by atoms with Gasteiger partial charge in [0, 0.05) is 18.0 Å². The Bertz CT molecular complexity index is 770. The molecule has 0 atom stereocenters. The zero-order valence-corrected chi connectivity index (χ0v) is 10.7. The van der Waals surface area contributed by atoms with Gasteiger partial charge in [-0.3, -0.25) is 15.1 Å². The SMILES string of the molecule is Cc1nc(-c2ccncc2)nc2c([N+](=O)[O-])csc12. The van der Waals surface area contributed by atoms with E-state index in [4.69, 9.17) is 0 Å². The number of nitro groups is 1. The molecule has 7 heteroatoms. The Balaban J connectivity index is 2.28. The molecule has 0 N–H and O–H groups in total. The summed E-state index contributed by atoms with van der Waals surface area (Å²) in [7, 11) is 0. The third-order valence-electron chi connectivity index (χ3n) is 2.70. The molecular formula is C12H8N4O2S. The van der Waals surface area contributed by atoms with Gasteiger partial charge in [0.1, 0.15) is 0 Å². The average molecular weight is 272 g/mol. The highest BCUT2D eigenvalue weighted by atomic mass is 32.1. The van der Waals surface area contributed by atoms with Crippen molar-refractivity contribution in [2.75, 3.05) is 0 Å². The highest BCUT2D eigenvalue weighted by Crippen LogP contribution is 2.33. The molecule has 3 aromatic rings. The highest BCUT2D eigenvalue weighted by molar-refractivity contribution is 7.17. The number of fused-ring (bicyclic) bond motifs is 1. The zero-order valence-electron chi connectivity index (χ0n) is 9.90. The predicted octanol–water partition coefficient (Wildman–Crippen LogP) is 2.97. The van der Waals surface area contributed by atoms with Crippen LogP contribution < -0.4 is 0 Å². The molecule has 0 bridgehead atoms. The molecule has 0 saturated heterocycles. The van der Waals surface area contributed by atoms with Crippen molar-refractivity contribution >= 4 is 27.2 Å². The van der Waals surface area contributed by atoms with E-state index in [0.29, 0.717) is 11.3 Å². The molecule has 0 aliphatic heterocycles. The minimum absolute atomic E-state index is 0.0285. The maximum Gasteiger partial charge on any atom is 0.306 e. The van der Waals surface area contributed by atoms with Crippen LogP contribution in [0.2, 0.25) is 0 Å². The fraction of sp³-hybridized carbons (Fsp3) is 0.0833. The van der Waals surface area contributed by atoms with Gasteiger partial charge in [0.25, 0.3) is 0 Å². The van der Waals surface area contributed by atoms with Gasteiger partial charge in [0.2, 0.25) is 0 Å². The summed E-state index contributed by atoms with van der Waals surface area (Å²) in [5.41, 5.74) is 1.96. The van der Waals surface area contributed by atoms with E-state index in [2.05, 4.69) is 15.0 Å². The van der Waals surface area contributed by atoms with Crippen molar-refractivity contribution < 1.29 is 4.92 Å². The number of hydrogen-bond acceptors (Lipinski definition) is 6. The summed E-state index contributed by atoms with van der Waals surface area (Å²) in [6.07, 6.45) is 3.28. The van der Waals surface area contributed by atoms with Crippen molar-refractivity contribution in [2.45, 2.75) is 6.92 Å². The van der Waals surface area contributed by atoms with E-state index in [1.165, 1.54) is 16.7 Å². The van der Waals surface area contributed by atoms with Crippen LogP contribution in [0.3, 0.4) is 0 Å². The van der Waals surface area contributed by atoms with Crippen LogP contribution in [0.25, 0.3) is 21.6 Å². The van der Waals surface area contributed by atoms with E-state index < -0.39 is 4.92 Å². The second-order valence-corrected chi connectivity index (χ2v) is 4.80. The molecule has 3 aromatic heterocycles. The molecule has 94 valence electrons. The fourth-order valence-electron chi connectivity index (χ4n) is 1.81. The molecule has 0 fully saturated rings. The van der Waals surface area contributed by atoms with Crippen LogP contribution >= 0.6 is 11.3 Å². The van der Waals surface area contributed by atoms with Gasteiger partial charge in [-0.25, -0.2) is 9.97 Å². The lowest BCUT2D eigenvalue weighted by atomic mass is 10.2. The first kappa shape index (κ1) is 11.7. The number of rotatable bonds is 2. The minimum Gasteiger partial charge on any atom is -0.265 e. The number of aryl methyl sites for hydroxylation is 1. The number of nitrogens with zero attached hydrogens (tertiary/aromatic N) is 4. The molecule has 0 saturated carbocycles. The van der Waals surface area contributed by atoms with Crippen LogP contribution in [0.4, 0.5) is 5.69 Å². The molecule has 3 heterocycles. The van der Waals surface area contributed by atoms with Gasteiger partial charge in [0.05, 0.1) is 20.7 Å². The summed E-state index contributed by atoms with van der Waals surface area (Å²) in [6.45, 7) is 1.83. The summed E-state index contributed by atoms with van der Waals surface area (Å²) in [6, 6.07) is 3.55. The van der Waals surface area contributed by atoms with Gasteiger partial charge >= 0.3 is 5.69 Å².